The summed E-state index contributed by atoms with van der Waals surface area (Å²) in [5.74, 6) is 0. The molecule has 0 unspecified atom stereocenters. The lowest BCUT2D eigenvalue weighted by atomic mass is 9.72. The van der Waals surface area contributed by atoms with Crippen LogP contribution in [0.1, 0.15) is 51.7 Å². The molecule has 4 rings (SSSR count). The molecular weight excluding hydrogens is 319 g/mol. The second kappa shape index (κ2) is 6.11. The van der Waals surface area contributed by atoms with Crippen LogP contribution in [0.4, 0.5) is 0 Å². The summed E-state index contributed by atoms with van der Waals surface area (Å²) < 4.78 is 12.4. The van der Waals surface area contributed by atoms with Crippen LogP contribution < -0.4 is 0 Å². The van der Waals surface area contributed by atoms with E-state index < -0.39 is 0 Å². The fraction of sp³-hybridized carbons (Fsp3) is 0.391. The van der Waals surface area contributed by atoms with Crippen LogP contribution in [0.15, 0.2) is 54.0 Å². The van der Waals surface area contributed by atoms with Gasteiger partial charge < -0.3 is 9.31 Å². The highest BCUT2D eigenvalue weighted by molar-refractivity contribution is 6.54. The molecule has 1 fully saturated rings. The van der Waals surface area contributed by atoms with E-state index in [1.54, 1.807) is 0 Å². The van der Waals surface area contributed by atoms with E-state index >= 15 is 0 Å². The minimum atomic E-state index is -0.280. The van der Waals surface area contributed by atoms with Gasteiger partial charge in [-0.2, -0.15) is 0 Å². The van der Waals surface area contributed by atoms with Crippen LogP contribution in [-0.2, 0) is 9.31 Å². The maximum atomic E-state index is 6.20. The van der Waals surface area contributed by atoms with Gasteiger partial charge in [-0.1, -0.05) is 42.5 Å². The summed E-state index contributed by atoms with van der Waals surface area (Å²) >= 11 is 0. The van der Waals surface area contributed by atoms with Gasteiger partial charge in [-0.25, -0.2) is 0 Å². The number of fused-ring (bicyclic) bond motifs is 1. The van der Waals surface area contributed by atoms with Gasteiger partial charge in [-0.05, 0) is 86.5 Å². The van der Waals surface area contributed by atoms with Gasteiger partial charge in [0.2, 0.25) is 0 Å². The second-order valence-corrected chi connectivity index (χ2v) is 8.54. The average Bonchev–Trinajstić information content (AvgIpc) is 2.83. The molecule has 0 radical (unpaired) electrons. The largest absolute Gasteiger partial charge is 0.490 e. The number of benzene rings is 2. The molecule has 2 aromatic rings. The molecule has 1 aliphatic carbocycles. The third-order valence-corrected chi connectivity index (χ3v) is 6.18. The van der Waals surface area contributed by atoms with Gasteiger partial charge in [-0.15, -0.1) is 0 Å². The Labute approximate surface area is 157 Å². The third-order valence-electron chi connectivity index (χ3n) is 6.18. The highest BCUT2D eigenvalue weighted by atomic mass is 16.7. The molecule has 1 heterocycles. The van der Waals surface area contributed by atoms with E-state index in [1.165, 1.54) is 32.9 Å². The Morgan fingerprint density at radius 3 is 2.23 bits per heavy atom. The number of hydrogen-bond acceptors (Lipinski definition) is 2. The molecule has 0 amide bonds. The van der Waals surface area contributed by atoms with E-state index in [2.05, 4.69) is 83.2 Å². The molecule has 1 saturated heterocycles. The monoisotopic (exact) mass is 346 g/mol. The number of hydrogen-bond donors (Lipinski definition) is 0. The van der Waals surface area contributed by atoms with Crippen LogP contribution in [0, 0.1) is 6.92 Å². The lowest BCUT2D eigenvalue weighted by Gasteiger charge is -2.32. The first-order valence-corrected chi connectivity index (χ1v) is 9.52. The van der Waals surface area contributed by atoms with Crippen LogP contribution in [0.2, 0.25) is 0 Å². The third kappa shape index (κ3) is 2.93. The molecule has 0 bridgehead atoms. The Bertz CT molecular complexity index is 905. The molecule has 26 heavy (non-hydrogen) atoms. The molecule has 2 aromatic carbocycles. The van der Waals surface area contributed by atoms with Crippen molar-refractivity contribution >= 4 is 23.5 Å². The first-order chi connectivity index (χ1) is 12.3. The van der Waals surface area contributed by atoms with Gasteiger partial charge in [0.15, 0.2) is 0 Å². The zero-order valence-electron chi connectivity index (χ0n) is 16.4. The van der Waals surface area contributed by atoms with Crippen molar-refractivity contribution in [3.63, 3.8) is 0 Å². The number of aryl methyl sites for hydroxylation is 1. The van der Waals surface area contributed by atoms with Crippen LogP contribution in [0.3, 0.4) is 0 Å². The van der Waals surface area contributed by atoms with Crippen molar-refractivity contribution < 1.29 is 9.31 Å². The molecule has 3 heteroatoms. The maximum Gasteiger partial charge on any atom is 0.490 e. The summed E-state index contributed by atoms with van der Waals surface area (Å²) in [4.78, 5) is 0. The molecule has 0 N–H and O–H groups in total. The molecule has 2 aliphatic rings. The van der Waals surface area contributed by atoms with Crippen molar-refractivity contribution in [1.29, 1.82) is 0 Å². The van der Waals surface area contributed by atoms with Crippen molar-refractivity contribution in [2.24, 2.45) is 0 Å². The quantitative estimate of drug-likeness (QED) is 0.632. The molecular formula is C23H27BO2. The standard InChI is InChI=1S/C23H27BO2/c1-16-14-19(15-18-8-6-7-9-21(16)18)17-10-12-20(13-11-17)24-25-22(2,3)23(4,5)26-24/h6-10,12,14-15H,11,13H2,1-5H3. The predicted octanol–water partition coefficient (Wildman–Crippen LogP) is 5.88. The van der Waals surface area contributed by atoms with Crippen LogP contribution >= 0.6 is 0 Å². The minimum Gasteiger partial charge on any atom is -0.400 e. The van der Waals surface area contributed by atoms with Crippen molar-refractivity contribution in [2.45, 2.75) is 58.7 Å². The van der Waals surface area contributed by atoms with Gasteiger partial charge in [0.1, 0.15) is 0 Å². The van der Waals surface area contributed by atoms with Crippen LogP contribution in [0.25, 0.3) is 16.3 Å². The Hall–Kier alpha value is -1.84. The highest BCUT2D eigenvalue weighted by Gasteiger charge is 2.52. The van der Waals surface area contributed by atoms with Gasteiger partial charge in [0.05, 0.1) is 11.2 Å². The fourth-order valence-corrected chi connectivity index (χ4v) is 3.77. The first-order valence-electron chi connectivity index (χ1n) is 9.52. The Kier molecular flexibility index (Phi) is 4.13. The fourth-order valence-electron chi connectivity index (χ4n) is 3.77. The average molecular weight is 346 g/mol. The van der Waals surface area contributed by atoms with E-state index in [-0.39, 0.29) is 18.3 Å². The van der Waals surface area contributed by atoms with E-state index in [0.717, 1.165) is 12.8 Å². The van der Waals surface area contributed by atoms with Crippen LogP contribution in [0.5, 0.6) is 0 Å². The summed E-state index contributed by atoms with van der Waals surface area (Å²) in [7, 11) is -0.226. The zero-order chi connectivity index (χ0) is 18.5. The molecule has 134 valence electrons. The van der Waals surface area contributed by atoms with E-state index in [1.807, 2.05) is 0 Å². The van der Waals surface area contributed by atoms with Gasteiger partial charge in [-0.3, -0.25) is 0 Å². The summed E-state index contributed by atoms with van der Waals surface area (Å²) in [5.41, 5.74) is 4.73. The second-order valence-electron chi connectivity index (χ2n) is 8.54. The summed E-state index contributed by atoms with van der Waals surface area (Å²) in [6.45, 7) is 10.6. The molecule has 0 aromatic heterocycles. The zero-order valence-corrected chi connectivity index (χ0v) is 16.4. The lowest BCUT2D eigenvalue weighted by molar-refractivity contribution is 0.00578. The van der Waals surface area contributed by atoms with E-state index in [9.17, 15) is 0 Å². The summed E-state index contributed by atoms with van der Waals surface area (Å²) in [5, 5.41) is 2.64. The molecule has 1 aliphatic heterocycles. The Morgan fingerprint density at radius 1 is 0.885 bits per heavy atom. The molecule has 0 saturated carbocycles. The van der Waals surface area contributed by atoms with E-state index in [4.69, 9.17) is 9.31 Å². The first kappa shape index (κ1) is 17.6. The summed E-state index contributed by atoms with van der Waals surface area (Å²) in [6, 6.07) is 13.2. The molecule has 0 spiro atoms. The van der Waals surface area contributed by atoms with Gasteiger partial charge in [0, 0.05) is 0 Å². The van der Waals surface area contributed by atoms with Gasteiger partial charge >= 0.3 is 7.12 Å². The SMILES string of the molecule is Cc1cc(C2=CC=C(B3OC(C)(C)C(C)(C)O3)CC2)cc2ccccc12. The predicted molar refractivity (Wildman–Crippen MR) is 110 cm³/mol. The van der Waals surface area contributed by atoms with Crippen molar-refractivity contribution in [1.82, 2.24) is 0 Å². The number of rotatable bonds is 2. The topological polar surface area (TPSA) is 18.5 Å². The molecule has 2 nitrogen and oxygen atoms in total. The minimum absolute atomic E-state index is 0.226. The van der Waals surface area contributed by atoms with Crippen molar-refractivity contribution in [3.05, 3.63) is 65.1 Å². The molecule has 0 atom stereocenters. The highest BCUT2D eigenvalue weighted by Crippen LogP contribution is 2.41. The normalized spacial score (nSPS) is 21.7. The van der Waals surface area contributed by atoms with Crippen molar-refractivity contribution in [3.8, 4) is 0 Å². The van der Waals surface area contributed by atoms with Gasteiger partial charge in [0.25, 0.3) is 0 Å². The summed E-state index contributed by atoms with van der Waals surface area (Å²) in [6.07, 6.45) is 6.45. The number of allylic oxidation sites excluding steroid dienone is 4. The van der Waals surface area contributed by atoms with Crippen LogP contribution in [-0.4, -0.2) is 18.3 Å². The lowest BCUT2D eigenvalue weighted by Crippen LogP contribution is -2.41. The smallest absolute Gasteiger partial charge is 0.400 e. The maximum absolute atomic E-state index is 6.20. The Balaban J connectivity index is 1.62. The van der Waals surface area contributed by atoms with E-state index in [0.29, 0.717) is 0 Å². The Morgan fingerprint density at radius 2 is 1.58 bits per heavy atom. The van der Waals surface area contributed by atoms with Crippen molar-refractivity contribution in [2.75, 3.05) is 0 Å².